The number of rotatable bonds is 15. The Morgan fingerprint density at radius 2 is 0.938 bits per heavy atom. The van der Waals surface area contributed by atoms with Crippen LogP contribution in [0.15, 0.2) is 49.1 Å². The molecule has 0 spiro atoms. The molecule has 32 heavy (non-hydrogen) atoms. The molecule has 0 saturated carbocycles. The van der Waals surface area contributed by atoms with E-state index in [0.29, 0.717) is 12.1 Å². The van der Waals surface area contributed by atoms with Gasteiger partial charge in [0.2, 0.25) is 0 Å². The van der Waals surface area contributed by atoms with Crippen molar-refractivity contribution in [1.29, 1.82) is 0 Å². The summed E-state index contributed by atoms with van der Waals surface area (Å²) in [7, 11) is 0.765. The van der Waals surface area contributed by atoms with Crippen LogP contribution in [0.4, 0.5) is 0 Å². The van der Waals surface area contributed by atoms with Crippen molar-refractivity contribution < 1.29 is 26.6 Å². The Balaban J connectivity index is 2.00. The summed E-state index contributed by atoms with van der Waals surface area (Å²) in [5.41, 5.74) is 2.32. The zero-order valence-corrected chi connectivity index (χ0v) is 21.9. The highest BCUT2D eigenvalue weighted by atomic mass is 28.4. The molecule has 2 aromatic rings. The van der Waals surface area contributed by atoms with E-state index in [-0.39, 0.29) is 12.2 Å². The van der Waals surface area contributed by atoms with E-state index in [9.17, 15) is 0 Å². The van der Waals surface area contributed by atoms with Crippen LogP contribution in [0.1, 0.15) is 25.0 Å². The Labute approximate surface area is 193 Å². The third kappa shape index (κ3) is 7.82. The van der Waals surface area contributed by atoms with Crippen molar-refractivity contribution in [3.05, 3.63) is 60.2 Å². The molecular formula is C22H36N2O6Si2. The Bertz CT molecular complexity index is 698. The maximum atomic E-state index is 6.37. The van der Waals surface area contributed by atoms with Crippen LogP contribution in [-0.2, 0) is 39.4 Å². The first-order valence-corrected chi connectivity index (χ1v) is 14.6. The average molecular weight is 481 g/mol. The van der Waals surface area contributed by atoms with Gasteiger partial charge in [-0.1, -0.05) is 0 Å². The standard InChI is InChI=1S/C22H36N2O6Si2/c1-19(29-31(25-3,26-4)17-11-21-7-13-23-14-8-21)20(2)30-32(27-5,28-6)18-12-22-9-15-24-16-10-22/h7-10,13-16,19-20H,11-12,17-18H2,1-6H3/t19-,20+. The number of aromatic nitrogens is 2. The van der Waals surface area contributed by atoms with Crippen molar-refractivity contribution in [2.75, 3.05) is 28.4 Å². The summed E-state index contributed by atoms with van der Waals surface area (Å²) in [6, 6.07) is 9.25. The van der Waals surface area contributed by atoms with Crippen molar-refractivity contribution in [3.63, 3.8) is 0 Å². The Hall–Kier alpha value is -1.51. The first-order valence-electron chi connectivity index (χ1n) is 10.8. The molecular weight excluding hydrogens is 444 g/mol. The highest BCUT2D eigenvalue weighted by Gasteiger charge is 2.45. The van der Waals surface area contributed by atoms with E-state index in [2.05, 4.69) is 9.97 Å². The van der Waals surface area contributed by atoms with Crippen LogP contribution in [0, 0.1) is 0 Å². The van der Waals surface area contributed by atoms with Crippen LogP contribution in [0.5, 0.6) is 0 Å². The Kier molecular flexibility index (Phi) is 11.1. The molecule has 0 aromatic carbocycles. The molecule has 0 amide bonds. The predicted molar refractivity (Wildman–Crippen MR) is 126 cm³/mol. The molecule has 0 aliphatic rings. The van der Waals surface area contributed by atoms with Gasteiger partial charge in [0.1, 0.15) is 0 Å². The molecule has 0 bridgehead atoms. The molecule has 2 rings (SSSR count). The van der Waals surface area contributed by atoms with Crippen LogP contribution in [-0.4, -0.2) is 68.2 Å². The number of pyridine rings is 2. The summed E-state index contributed by atoms with van der Waals surface area (Å²) in [4.78, 5) is 8.13. The van der Waals surface area contributed by atoms with E-state index in [1.807, 2.05) is 38.1 Å². The van der Waals surface area contributed by atoms with E-state index in [0.717, 1.165) is 24.0 Å². The first kappa shape index (κ1) is 26.7. The van der Waals surface area contributed by atoms with E-state index in [1.165, 1.54) is 0 Å². The molecule has 2 heterocycles. The largest absolute Gasteiger partial charge is 0.501 e. The lowest BCUT2D eigenvalue weighted by atomic mass is 10.2. The second kappa shape index (κ2) is 13.3. The highest BCUT2D eigenvalue weighted by Crippen LogP contribution is 2.25. The zero-order chi connectivity index (χ0) is 23.5. The lowest BCUT2D eigenvalue weighted by molar-refractivity contribution is -0.0239. The minimum Gasteiger partial charge on any atom is -0.377 e. The lowest BCUT2D eigenvalue weighted by Crippen LogP contribution is -2.53. The molecule has 8 nitrogen and oxygen atoms in total. The lowest BCUT2D eigenvalue weighted by Gasteiger charge is -2.35. The maximum Gasteiger partial charge on any atom is 0.501 e. The second-order valence-electron chi connectivity index (χ2n) is 7.54. The van der Waals surface area contributed by atoms with Gasteiger partial charge in [-0.05, 0) is 62.1 Å². The normalized spacial score (nSPS) is 14.3. The van der Waals surface area contributed by atoms with Crippen molar-refractivity contribution in [3.8, 4) is 0 Å². The van der Waals surface area contributed by atoms with Gasteiger partial charge in [0.25, 0.3) is 0 Å². The summed E-state index contributed by atoms with van der Waals surface area (Å²) in [6.07, 6.45) is 8.12. The molecule has 178 valence electrons. The summed E-state index contributed by atoms with van der Waals surface area (Å²) in [6.45, 7) is 3.93. The van der Waals surface area contributed by atoms with Crippen molar-refractivity contribution in [1.82, 2.24) is 9.97 Å². The highest BCUT2D eigenvalue weighted by molar-refractivity contribution is 6.61. The minimum absolute atomic E-state index is 0.280. The Morgan fingerprint density at radius 1 is 0.625 bits per heavy atom. The van der Waals surface area contributed by atoms with Crippen molar-refractivity contribution in [2.45, 2.75) is 51.0 Å². The SMILES string of the molecule is CO[Si](CCc1ccncc1)(OC)O[C@@H](C)[C@@H](C)O[Si](CCc1ccncc1)(OC)OC. The topological polar surface area (TPSA) is 81.2 Å². The van der Waals surface area contributed by atoms with Gasteiger partial charge < -0.3 is 26.6 Å². The fraction of sp³-hybridized carbons (Fsp3) is 0.545. The molecule has 2 aromatic heterocycles. The smallest absolute Gasteiger partial charge is 0.377 e. The Morgan fingerprint density at radius 3 is 1.22 bits per heavy atom. The summed E-state index contributed by atoms with van der Waals surface area (Å²) < 4.78 is 35.9. The predicted octanol–water partition coefficient (Wildman–Crippen LogP) is 3.54. The van der Waals surface area contributed by atoms with Gasteiger partial charge >= 0.3 is 17.6 Å². The first-order chi connectivity index (χ1) is 15.4. The molecule has 10 heteroatoms. The fourth-order valence-electron chi connectivity index (χ4n) is 3.34. The van der Waals surface area contributed by atoms with Gasteiger partial charge in [-0.3, -0.25) is 9.97 Å². The fourth-order valence-corrected chi connectivity index (χ4v) is 7.81. The molecule has 0 fully saturated rings. The van der Waals surface area contributed by atoms with Crippen LogP contribution < -0.4 is 0 Å². The third-order valence-electron chi connectivity index (χ3n) is 5.57. The average Bonchev–Trinajstić information content (AvgIpc) is 2.85. The molecule has 2 atom stereocenters. The zero-order valence-electron chi connectivity index (χ0n) is 19.9. The van der Waals surface area contributed by atoms with Crippen LogP contribution in [0.2, 0.25) is 12.1 Å². The van der Waals surface area contributed by atoms with Gasteiger partial charge in [0.15, 0.2) is 0 Å². The quantitative estimate of drug-likeness (QED) is 0.358. The van der Waals surface area contributed by atoms with E-state index >= 15 is 0 Å². The number of hydrogen-bond donors (Lipinski definition) is 0. The summed E-state index contributed by atoms with van der Waals surface area (Å²) >= 11 is 0. The van der Waals surface area contributed by atoms with Crippen molar-refractivity contribution in [2.24, 2.45) is 0 Å². The monoisotopic (exact) mass is 480 g/mol. The van der Waals surface area contributed by atoms with Gasteiger partial charge in [-0.15, -0.1) is 0 Å². The van der Waals surface area contributed by atoms with Crippen LogP contribution >= 0.6 is 0 Å². The number of nitrogens with zero attached hydrogens (tertiary/aromatic N) is 2. The molecule has 0 radical (unpaired) electrons. The maximum absolute atomic E-state index is 6.37. The number of hydrogen-bond acceptors (Lipinski definition) is 8. The van der Waals surface area contributed by atoms with Crippen LogP contribution in [0.3, 0.4) is 0 Å². The summed E-state index contributed by atoms with van der Waals surface area (Å²) in [5.74, 6) is 0. The molecule has 0 N–H and O–H groups in total. The van der Waals surface area contributed by atoms with Crippen molar-refractivity contribution >= 4 is 17.6 Å². The third-order valence-corrected chi connectivity index (χ3v) is 11.2. The van der Waals surface area contributed by atoms with Crippen LogP contribution in [0.25, 0.3) is 0 Å². The molecule has 0 aliphatic carbocycles. The molecule has 0 saturated heterocycles. The number of aryl methyl sites for hydroxylation is 2. The second-order valence-corrected chi connectivity index (χ2v) is 13.4. The summed E-state index contributed by atoms with van der Waals surface area (Å²) in [5, 5.41) is 0. The minimum atomic E-state index is -2.89. The molecule has 0 aliphatic heterocycles. The van der Waals surface area contributed by atoms with Gasteiger partial charge in [0, 0.05) is 65.3 Å². The van der Waals surface area contributed by atoms with E-state index in [1.54, 1.807) is 53.2 Å². The van der Waals surface area contributed by atoms with Gasteiger partial charge in [-0.2, -0.15) is 0 Å². The van der Waals surface area contributed by atoms with Gasteiger partial charge in [-0.25, -0.2) is 0 Å². The van der Waals surface area contributed by atoms with E-state index < -0.39 is 17.6 Å². The van der Waals surface area contributed by atoms with Gasteiger partial charge in [0.05, 0.1) is 12.2 Å². The van der Waals surface area contributed by atoms with E-state index in [4.69, 9.17) is 26.6 Å². The molecule has 0 unspecified atom stereocenters.